The molecule has 0 fully saturated rings. The molecule has 1 aromatic carbocycles. The van der Waals surface area contributed by atoms with Gasteiger partial charge in [-0.2, -0.15) is 0 Å². The van der Waals surface area contributed by atoms with Crippen molar-refractivity contribution in [3.63, 3.8) is 0 Å². The number of carbonyl (C=O) groups excluding carboxylic acids is 1. The van der Waals surface area contributed by atoms with Crippen LogP contribution in [0.1, 0.15) is 43.5 Å². The number of hydrogen-bond donors (Lipinski definition) is 2. The molecule has 0 unspecified atom stereocenters. The number of pyridine rings is 1. The van der Waals surface area contributed by atoms with Crippen molar-refractivity contribution in [2.45, 2.75) is 39.7 Å². The van der Waals surface area contributed by atoms with E-state index in [1.807, 2.05) is 16.7 Å². The van der Waals surface area contributed by atoms with Crippen molar-refractivity contribution < 1.29 is 4.79 Å². The van der Waals surface area contributed by atoms with Crippen LogP contribution in [-0.2, 0) is 6.54 Å². The van der Waals surface area contributed by atoms with E-state index < -0.39 is 0 Å². The van der Waals surface area contributed by atoms with Gasteiger partial charge >= 0.3 is 0 Å². The number of fused-ring (bicyclic) bond motifs is 1. The van der Waals surface area contributed by atoms with Crippen LogP contribution in [-0.4, -0.2) is 17.0 Å². The molecule has 1 heterocycles. The summed E-state index contributed by atoms with van der Waals surface area (Å²) in [5.74, 6) is -0.326. The summed E-state index contributed by atoms with van der Waals surface area (Å²) in [6.45, 7) is 5.41. The van der Waals surface area contributed by atoms with Gasteiger partial charge in [0.15, 0.2) is 0 Å². The number of carbonyl (C=O) groups is 1. The average molecular weight is 301 g/mol. The minimum absolute atomic E-state index is 0.162. The number of nitrogen functional groups attached to an aromatic ring is 1. The van der Waals surface area contributed by atoms with E-state index in [0.29, 0.717) is 17.6 Å². The van der Waals surface area contributed by atoms with E-state index in [1.54, 1.807) is 12.3 Å². The largest absolute Gasteiger partial charge is 0.398 e. The maximum atomic E-state index is 12.6. The van der Waals surface area contributed by atoms with Crippen LogP contribution in [0.3, 0.4) is 0 Å². The molecule has 0 atom stereocenters. The van der Waals surface area contributed by atoms with Gasteiger partial charge in [0, 0.05) is 25.0 Å². The molecule has 0 bridgehead atoms. The molecule has 1 aromatic heterocycles. The van der Waals surface area contributed by atoms with E-state index in [9.17, 15) is 9.59 Å². The zero-order chi connectivity index (χ0) is 16.1. The summed E-state index contributed by atoms with van der Waals surface area (Å²) in [5.41, 5.74) is 7.02. The first-order chi connectivity index (χ1) is 10.6. The molecular formula is C17H23N3O2. The van der Waals surface area contributed by atoms with Crippen molar-refractivity contribution in [2.24, 2.45) is 0 Å². The Balaban J connectivity index is 2.55. The minimum Gasteiger partial charge on any atom is -0.398 e. The lowest BCUT2D eigenvalue weighted by atomic mass is 10.1. The van der Waals surface area contributed by atoms with E-state index in [4.69, 9.17) is 5.73 Å². The number of aromatic nitrogens is 1. The van der Waals surface area contributed by atoms with Crippen molar-refractivity contribution in [3.8, 4) is 0 Å². The van der Waals surface area contributed by atoms with Crippen LogP contribution >= 0.6 is 0 Å². The number of nitrogens with one attached hydrogen (secondary N) is 1. The molecule has 0 aliphatic rings. The number of amides is 1. The quantitative estimate of drug-likeness (QED) is 0.636. The Labute approximate surface area is 130 Å². The summed E-state index contributed by atoms with van der Waals surface area (Å²) < 4.78 is 1.93. The minimum atomic E-state index is -0.326. The SMILES string of the molecule is CCCCNC(=O)c1cn(CCC)c2cccc(N)c2c1=O. The molecule has 2 rings (SSSR count). The predicted molar refractivity (Wildman–Crippen MR) is 90.2 cm³/mol. The van der Waals surface area contributed by atoms with E-state index in [-0.39, 0.29) is 16.9 Å². The molecule has 0 aliphatic carbocycles. The second kappa shape index (κ2) is 7.11. The third-order valence-electron chi connectivity index (χ3n) is 3.67. The first kappa shape index (κ1) is 16.1. The lowest BCUT2D eigenvalue weighted by Gasteiger charge is -2.13. The Morgan fingerprint density at radius 3 is 2.73 bits per heavy atom. The van der Waals surface area contributed by atoms with Crippen molar-refractivity contribution in [1.82, 2.24) is 9.88 Å². The molecular weight excluding hydrogens is 278 g/mol. The van der Waals surface area contributed by atoms with Crippen LogP contribution in [0.25, 0.3) is 10.9 Å². The van der Waals surface area contributed by atoms with Crippen molar-refractivity contribution in [1.29, 1.82) is 0 Å². The van der Waals surface area contributed by atoms with Crippen LogP contribution in [0.2, 0.25) is 0 Å². The highest BCUT2D eigenvalue weighted by Gasteiger charge is 2.16. The molecule has 5 nitrogen and oxygen atoms in total. The molecule has 2 aromatic rings. The number of benzene rings is 1. The number of hydrogen-bond acceptors (Lipinski definition) is 3. The molecule has 0 radical (unpaired) electrons. The smallest absolute Gasteiger partial charge is 0.256 e. The van der Waals surface area contributed by atoms with Gasteiger partial charge in [-0.25, -0.2) is 0 Å². The van der Waals surface area contributed by atoms with Crippen LogP contribution < -0.4 is 16.5 Å². The Morgan fingerprint density at radius 2 is 2.05 bits per heavy atom. The lowest BCUT2D eigenvalue weighted by molar-refractivity contribution is 0.0951. The third-order valence-corrected chi connectivity index (χ3v) is 3.67. The predicted octanol–water partition coefficient (Wildman–Crippen LogP) is 2.52. The number of nitrogens with zero attached hydrogens (tertiary/aromatic N) is 1. The third kappa shape index (κ3) is 3.13. The Kier molecular flexibility index (Phi) is 5.20. The van der Waals surface area contributed by atoms with Gasteiger partial charge in [-0.3, -0.25) is 9.59 Å². The number of unbranched alkanes of at least 4 members (excludes halogenated alkanes) is 1. The Morgan fingerprint density at radius 1 is 1.27 bits per heavy atom. The molecule has 118 valence electrons. The standard InChI is InChI=1S/C17H23N3O2/c1-3-5-9-19-17(22)12-11-20(10-4-2)14-8-6-7-13(18)15(14)16(12)21/h6-8,11H,3-5,9-10,18H2,1-2H3,(H,19,22). The van der Waals surface area contributed by atoms with Gasteiger partial charge in [-0.15, -0.1) is 0 Å². The van der Waals surface area contributed by atoms with E-state index >= 15 is 0 Å². The molecule has 5 heteroatoms. The van der Waals surface area contributed by atoms with Crippen molar-refractivity contribution >= 4 is 22.5 Å². The fourth-order valence-corrected chi connectivity index (χ4v) is 2.52. The number of nitrogens with two attached hydrogens (primary N) is 1. The van der Waals surface area contributed by atoms with Crippen molar-refractivity contribution in [3.05, 3.63) is 40.2 Å². The Bertz CT molecular complexity index is 734. The monoisotopic (exact) mass is 301 g/mol. The average Bonchev–Trinajstić information content (AvgIpc) is 2.50. The highest BCUT2D eigenvalue weighted by atomic mass is 16.2. The summed E-state index contributed by atoms with van der Waals surface area (Å²) in [6.07, 6.45) is 4.44. The molecule has 22 heavy (non-hydrogen) atoms. The zero-order valence-corrected chi connectivity index (χ0v) is 13.2. The second-order valence-electron chi connectivity index (χ2n) is 5.42. The van der Waals surface area contributed by atoms with Gasteiger partial charge in [-0.1, -0.05) is 26.3 Å². The van der Waals surface area contributed by atoms with E-state index in [1.165, 1.54) is 0 Å². The summed E-state index contributed by atoms with van der Waals surface area (Å²) in [6, 6.07) is 5.38. The normalized spacial score (nSPS) is 10.8. The van der Waals surface area contributed by atoms with Crippen molar-refractivity contribution in [2.75, 3.05) is 12.3 Å². The molecule has 0 saturated carbocycles. The topological polar surface area (TPSA) is 77.1 Å². The van der Waals surface area contributed by atoms with Crippen LogP contribution in [0.15, 0.2) is 29.2 Å². The molecule has 0 aliphatic heterocycles. The summed E-state index contributed by atoms with van der Waals surface area (Å²) in [7, 11) is 0. The van der Waals surface area contributed by atoms with Gasteiger partial charge in [0.25, 0.3) is 5.91 Å². The second-order valence-corrected chi connectivity index (χ2v) is 5.42. The first-order valence-electron chi connectivity index (χ1n) is 7.80. The molecule has 0 saturated heterocycles. The van der Waals surface area contributed by atoms with Gasteiger partial charge in [-0.05, 0) is 25.0 Å². The van der Waals surface area contributed by atoms with Gasteiger partial charge in [0.05, 0.1) is 10.9 Å². The highest BCUT2D eigenvalue weighted by molar-refractivity contribution is 6.00. The fourth-order valence-electron chi connectivity index (χ4n) is 2.52. The maximum absolute atomic E-state index is 12.6. The Hall–Kier alpha value is -2.30. The molecule has 0 spiro atoms. The van der Waals surface area contributed by atoms with Gasteiger partial charge in [0.1, 0.15) is 5.56 Å². The van der Waals surface area contributed by atoms with Crippen LogP contribution in [0, 0.1) is 0 Å². The number of rotatable bonds is 6. The fraction of sp³-hybridized carbons (Fsp3) is 0.412. The first-order valence-corrected chi connectivity index (χ1v) is 7.80. The van der Waals surface area contributed by atoms with Crippen LogP contribution in [0.4, 0.5) is 5.69 Å². The number of anilines is 1. The summed E-state index contributed by atoms with van der Waals surface area (Å²) >= 11 is 0. The zero-order valence-electron chi connectivity index (χ0n) is 13.2. The van der Waals surface area contributed by atoms with Crippen LogP contribution in [0.5, 0.6) is 0 Å². The number of aryl methyl sites for hydroxylation is 1. The molecule has 1 amide bonds. The summed E-state index contributed by atoms with van der Waals surface area (Å²) in [4.78, 5) is 24.9. The van der Waals surface area contributed by atoms with E-state index in [0.717, 1.165) is 31.3 Å². The van der Waals surface area contributed by atoms with Gasteiger partial charge < -0.3 is 15.6 Å². The maximum Gasteiger partial charge on any atom is 0.256 e. The highest BCUT2D eigenvalue weighted by Crippen LogP contribution is 2.18. The molecule has 3 N–H and O–H groups in total. The van der Waals surface area contributed by atoms with E-state index in [2.05, 4.69) is 19.2 Å². The summed E-state index contributed by atoms with van der Waals surface area (Å²) in [5, 5.41) is 3.23. The lowest BCUT2D eigenvalue weighted by Crippen LogP contribution is -2.30. The van der Waals surface area contributed by atoms with Gasteiger partial charge in [0.2, 0.25) is 5.43 Å².